The fourth-order valence-corrected chi connectivity index (χ4v) is 8.76. The fourth-order valence-electron chi connectivity index (χ4n) is 8.14. The first-order chi connectivity index (χ1) is 34.4. The number of halogens is 1. The lowest BCUT2D eigenvalue weighted by Gasteiger charge is -2.48. The molecule has 0 saturated carbocycles. The molecule has 0 aliphatic carbocycles. The lowest BCUT2D eigenvalue weighted by Crippen LogP contribution is -2.63. The first kappa shape index (κ1) is 45.1. The summed E-state index contributed by atoms with van der Waals surface area (Å²) in [5.74, 6) is 0. The molecule has 0 amide bonds. The summed E-state index contributed by atoms with van der Waals surface area (Å²) < 4.78 is 95.8. The minimum Gasteiger partial charge on any atom is -0.368 e. The van der Waals surface area contributed by atoms with E-state index in [1.165, 1.54) is 7.11 Å². The molecule has 2 saturated heterocycles. The molecule has 10 nitrogen and oxygen atoms in total. The molecule has 13 atom stereocenters. The normalized spacial score (nSPS) is 27.2. The van der Waals surface area contributed by atoms with E-state index in [9.17, 15) is 2.74 Å². The second-order valence-corrected chi connectivity index (χ2v) is 17.4. The van der Waals surface area contributed by atoms with Gasteiger partial charge in [0.15, 0.2) is 12.6 Å². The molecular formula is C56H61IO10. The highest BCUT2D eigenvalue weighted by molar-refractivity contribution is 14.1. The Morgan fingerprint density at radius 2 is 0.716 bits per heavy atom. The van der Waals surface area contributed by atoms with Crippen molar-refractivity contribution in [3.8, 4) is 0 Å². The number of hydrogen-bond acceptors (Lipinski definition) is 10. The Morgan fingerprint density at radius 3 is 1.15 bits per heavy atom. The van der Waals surface area contributed by atoms with Gasteiger partial charge in [-0.3, -0.25) is 0 Å². The second kappa shape index (κ2) is 26.4. The van der Waals surface area contributed by atoms with Crippen LogP contribution in [0.4, 0.5) is 0 Å². The zero-order valence-electron chi connectivity index (χ0n) is 40.5. The smallest absolute Gasteiger partial charge is 0.186 e. The molecule has 0 radical (unpaired) electrons. The third-order valence-electron chi connectivity index (χ3n) is 11.6. The van der Waals surface area contributed by atoms with Crippen LogP contribution in [0, 0.1) is 0 Å². The van der Waals surface area contributed by atoms with Gasteiger partial charge in [-0.15, -0.1) is 0 Å². The Kier molecular flexibility index (Phi) is 17.8. The number of alkyl halides is 1. The number of ether oxygens (including phenoxy) is 10. The molecule has 4 unspecified atom stereocenters. The number of rotatable bonds is 24. The molecular weight excluding hydrogens is 960 g/mol. The molecule has 6 aromatic carbocycles. The Labute approximate surface area is 413 Å². The standard InChI is InChI=1S/C56H61IO10/c1-58-55-53(63-38-45-28-16-6-17-29-45)52(62-37-44-26-14-5-15-27-44)50(60-35-42-22-10-3-11-23-42)48(67-55)40-65-56-54(64-39-46-30-18-7-19-31-46)51(61-36-43-24-12-4-13-25-43)49(47(66-56)32-33-57)59-34-41-20-8-2-9-21-41/h2-31,47-56H,32-40H2,1H3/t47-,48-,49-,50-,51+,52+,53-,54-,55?,56+/m1/s1/i35D,37D,38D/t35?,37?,38?,47-,48-,49-,50-,51+,52+,53-,54-,55?,56+. The van der Waals surface area contributed by atoms with Crippen molar-refractivity contribution in [1.29, 1.82) is 0 Å². The van der Waals surface area contributed by atoms with E-state index in [0.717, 1.165) is 21.1 Å². The minimum atomic E-state index is -1.22. The summed E-state index contributed by atoms with van der Waals surface area (Å²) in [6.07, 6.45) is -8.36. The van der Waals surface area contributed by atoms with Crippen LogP contribution in [0.5, 0.6) is 0 Å². The maximum absolute atomic E-state index is 9.34. The molecule has 2 heterocycles. The maximum atomic E-state index is 9.34. The number of hydrogen-bond donors (Lipinski definition) is 0. The molecule has 352 valence electrons. The Balaban J connectivity index is 1.15. The van der Waals surface area contributed by atoms with E-state index in [1.54, 1.807) is 24.3 Å². The Hall–Kier alpha value is -4.35. The lowest BCUT2D eigenvalue weighted by molar-refractivity contribution is -0.349. The minimum absolute atomic E-state index is 0.163. The van der Waals surface area contributed by atoms with Gasteiger partial charge in [0.25, 0.3) is 0 Å². The first-order valence-corrected chi connectivity index (χ1v) is 24.3. The van der Waals surface area contributed by atoms with Gasteiger partial charge in [0.05, 0.1) is 56.4 Å². The van der Waals surface area contributed by atoms with E-state index >= 15 is 0 Å². The van der Waals surface area contributed by atoms with E-state index in [0.29, 0.717) is 29.7 Å². The predicted octanol–water partition coefficient (Wildman–Crippen LogP) is 10.4. The molecule has 0 N–H and O–H groups in total. The zero-order valence-corrected chi connectivity index (χ0v) is 39.7. The van der Waals surface area contributed by atoms with Crippen LogP contribution in [0.2, 0.25) is 0 Å². The summed E-state index contributed by atoms with van der Waals surface area (Å²) in [6.45, 7) is -2.95. The highest BCUT2D eigenvalue weighted by atomic mass is 127. The zero-order chi connectivity index (χ0) is 48.5. The van der Waals surface area contributed by atoms with Crippen LogP contribution in [0.15, 0.2) is 182 Å². The third kappa shape index (κ3) is 14.3. The van der Waals surface area contributed by atoms with E-state index in [-0.39, 0.29) is 19.8 Å². The second-order valence-electron chi connectivity index (χ2n) is 16.3. The number of benzene rings is 6. The molecule has 0 spiro atoms. The molecule has 2 aliphatic heterocycles. The van der Waals surface area contributed by atoms with Crippen molar-refractivity contribution < 1.29 is 51.5 Å². The summed E-state index contributed by atoms with van der Waals surface area (Å²) in [6, 6.07) is 57.4. The molecule has 2 aliphatic rings. The quantitative estimate of drug-likeness (QED) is 0.0431. The van der Waals surface area contributed by atoms with Gasteiger partial charge in [-0.25, -0.2) is 0 Å². The average Bonchev–Trinajstić information content (AvgIpc) is 3.41. The summed E-state index contributed by atoms with van der Waals surface area (Å²) in [7, 11) is 1.49. The molecule has 2 fully saturated rings. The topological polar surface area (TPSA) is 92.3 Å². The molecule has 0 aromatic heterocycles. The van der Waals surface area contributed by atoms with Gasteiger partial charge in [-0.05, 0) is 39.8 Å². The van der Waals surface area contributed by atoms with Crippen molar-refractivity contribution in [2.24, 2.45) is 0 Å². The van der Waals surface area contributed by atoms with Gasteiger partial charge in [0.2, 0.25) is 0 Å². The monoisotopic (exact) mass is 1020 g/mol. The van der Waals surface area contributed by atoms with Crippen LogP contribution < -0.4 is 0 Å². The molecule has 8 rings (SSSR count). The summed E-state index contributed by atoms with van der Waals surface area (Å²) in [4.78, 5) is 0. The Bertz CT molecular complexity index is 2370. The average molecular weight is 1020 g/mol. The van der Waals surface area contributed by atoms with Gasteiger partial charge in [0, 0.05) is 11.5 Å². The molecule has 11 heteroatoms. The van der Waals surface area contributed by atoms with Crippen LogP contribution in [-0.4, -0.2) is 79.6 Å². The van der Waals surface area contributed by atoms with Gasteiger partial charge in [-0.2, -0.15) is 0 Å². The van der Waals surface area contributed by atoms with Crippen molar-refractivity contribution >= 4 is 22.6 Å². The largest absolute Gasteiger partial charge is 0.368 e. The molecule has 6 aromatic rings. The van der Waals surface area contributed by atoms with E-state index in [2.05, 4.69) is 22.6 Å². The van der Waals surface area contributed by atoms with Crippen LogP contribution in [0.3, 0.4) is 0 Å². The van der Waals surface area contributed by atoms with Crippen LogP contribution in [0.25, 0.3) is 0 Å². The van der Waals surface area contributed by atoms with Gasteiger partial charge in [0.1, 0.15) is 42.7 Å². The van der Waals surface area contributed by atoms with Crippen molar-refractivity contribution in [2.45, 2.75) is 107 Å². The summed E-state index contributed by atoms with van der Waals surface area (Å²) >= 11 is 2.35. The van der Waals surface area contributed by atoms with Crippen LogP contribution in [0.1, 0.15) is 43.9 Å². The lowest BCUT2D eigenvalue weighted by atomic mass is 9.95. The van der Waals surface area contributed by atoms with Crippen molar-refractivity contribution in [3.05, 3.63) is 215 Å². The van der Waals surface area contributed by atoms with Crippen molar-refractivity contribution in [2.75, 3.05) is 18.1 Å². The van der Waals surface area contributed by atoms with Crippen molar-refractivity contribution in [1.82, 2.24) is 0 Å². The molecule has 67 heavy (non-hydrogen) atoms. The summed E-state index contributed by atoms with van der Waals surface area (Å²) in [5, 5.41) is 0. The van der Waals surface area contributed by atoms with E-state index in [1.807, 2.05) is 158 Å². The molecule has 0 bridgehead atoms. The highest BCUT2D eigenvalue weighted by Gasteiger charge is 2.52. The fraction of sp³-hybridized carbons (Fsp3) is 0.357. The van der Waals surface area contributed by atoms with Gasteiger partial charge >= 0.3 is 0 Å². The summed E-state index contributed by atoms with van der Waals surface area (Å²) in [5.41, 5.74) is 4.72. The van der Waals surface area contributed by atoms with E-state index < -0.39 is 81.2 Å². The SMILES string of the molecule is [2H]C(O[C@H]1[C@H](OC([2H])c2ccccc2)[C@@H](OC([2H])c2ccccc2)C(OC)O[C@@H]1CO[C@H]1O[C@H](CCI)[C@@H](OCc2ccccc2)[C@H](OCc2ccccc2)[C@H]1OCc1ccccc1)c1ccccc1. The van der Waals surface area contributed by atoms with Crippen LogP contribution >= 0.6 is 22.6 Å². The maximum Gasteiger partial charge on any atom is 0.186 e. The van der Waals surface area contributed by atoms with Crippen molar-refractivity contribution in [3.63, 3.8) is 0 Å². The van der Waals surface area contributed by atoms with Crippen LogP contribution in [-0.2, 0) is 86.9 Å². The first-order valence-electron chi connectivity index (χ1n) is 24.5. The highest BCUT2D eigenvalue weighted by Crippen LogP contribution is 2.35. The van der Waals surface area contributed by atoms with E-state index in [4.69, 9.17) is 48.7 Å². The number of methoxy groups -OCH3 is 1. The Morgan fingerprint density at radius 1 is 0.388 bits per heavy atom. The van der Waals surface area contributed by atoms with Gasteiger partial charge in [-0.1, -0.05) is 205 Å². The van der Waals surface area contributed by atoms with Gasteiger partial charge < -0.3 is 47.4 Å². The predicted molar refractivity (Wildman–Crippen MR) is 264 cm³/mol. The third-order valence-corrected chi connectivity index (χ3v) is 12.2.